The Balaban J connectivity index is 2.08. The molecule has 0 radical (unpaired) electrons. The van der Waals surface area contributed by atoms with Gasteiger partial charge in [-0.15, -0.1) is 0 Å². The third-order valence-electron chi connectivity index (χ3n) is 3.78. The number of benzene rings is 2. The SMILES string of the molecule is Cc1cc(C)c(C(=O)OCC(=O)Nc2ccccc2S(C)(=O)=O)c(C)c1. The zero-order chi connectivity index (χ0) is 19.5. The van der Waals surface area contributed by atoms with Gasteiger partial charge in [-0.3, -0.25) is 4.79 Å². The smallest absolute Gasteiger partial charge is 0.339 e. The first-order chi connectivity index (χ1) is 12.1. The molecule has 0 aliphatic rings. The fraction of sp³-hybridized carbons (Fsp3) is 0.263. The summed E-state index contributed by atoms with van der Waals surface area (Å²) >= 11 is 0. The number of aryl methyl sites for hydroxylation is 3. The standard InChI is InChI=1S/C19H21NO5S/c1-12-9-13(2)18(14(3)10-12)19(22)25-11-17(21)20-15-7-5-6-8-16(15)26(4,23)24/h5-10H,11H2,1-4H3,(H,20,21). The van der Waals surface area contributed by atoms with Crippen molar-refractivity contribution in [3.8, 4) is 0 Å². The van der Waals surface area contributed by atoms with Crippen LogP contribution in [-0.4, -0.2) is 33.2 Å². The molecule has 0 saturated carbocycles. The van der Waals surface area contributed by atoms with Crippen LogP contribution in [0.5, 0.6) is 0 Å². The number of hydrogen-bond donors (Lipinski definition) is 1. The van der Waals surface area contributed by atoms with Crippen molar-refractivity contribution in [2.75, 3.05) is 18.2 Å². The summed E-state index contributed by atoms with van der Waals surface area (Å²) in [4.78, 5) is 24.4. The van der Waals surface area contributed by atoms with Gasteiger partial charge in [0.1, 0.15) is 0 Å². The van der Waals surface area contributed by atoms with Gasteiger partial charge in [-0.1, -0.05) is 29.8 Å². The Morgan fingerprint density at radius 1 is 1.04 bits per heavy atom. The summed E-state index contributed by atoms with van der Waals surface area (Å²) in [6.45, 7) is 5.03. The molecular formula is C19H21NO5S. The number of rotatable bonds is 5. The van der Waals surface area contributed by atoms with Crippen LogP contribution < -0.4 is 5.32 Å². The van der Waals surface area contributed by atoms with E-state index in [9.17, 15) is 18.0 Å². The number of carbonyl (C=O) groups is 2. The van der Waals surface area contributed by atoms with Gasteiger partial charge < -0.3 is 10.1 Å². The lowest BCUT2D eigenvalue weighted by molar-refractivity contribution is -0.119. The quantitative estimate of drug-likeness (QED) is 0.812. The van der Waals surface area contributed by atoms with Gasteiger partial charge in [0, 0.05) is 6.26 Å². The monoisotopic (exact) mass is 375 g/mol. The highest BCUT2D eigenvalue weighted by atomic mass is 32.2. The number of anilines is 1. The summed E-state index contributed by atoms with van der Waals surface area (Å²) in [5, 5.41) is 2.47. The Labute approximate surface area is 153 Å². The molecular weight excluding hydrogens is 354 g/mol. The van der Waals surface area contributed by atoms with Gasteiger partial charge in [-0.2, -0.15) is 0 Å². The highest BCUT2D eigenvalue weighted by Gasteiger charge is 2.18. The van der Waals surface area contributed by atoms with Crippen molar-refractivity contribution in [1.82, 2.24) is 0 Å². The molecule has 0 bridgehead atoms. The van der Waals surface area contributed by atoms with Crippen molar-refractivity contribution in [3.05, 3.63) is 58.7 Å². The van der Waals surface area contributed by atoms with E-state index in [1.54, 1.807) is 26.0 Å². The number of sulfone groups is 1. The fourth-order valence-electron chi connectivity index (χ4n) is 2.78. The largest absolute Gasteiger partial charge is 0.452 e. The highest BCUT2D eigenvalue weighted by molar-refractivity contribution is 7.90. The predicted octanol–water partition coefficient (Wildman–Crippen LogP) is 2.81. The maximum atomic E-state index is 12.3. The molecule has 2 aromatic carbocycles. The van der Waals surface area contributed by atoms with Gasteiger partial charge in [0.25, 0.3) is 5.91 Å². The molecule has 1 amide bonds. The van der Waals surface area contributed by atoms with E-state index >= 15 is 0 Å². The van der Waals surface area contributed by atoms with Crippen LogP contribution in [0.1, 0.15) is 27.0 Å². The average molecular weight is 375 g/mol. The molecule has 0 heterocycles. The normalized spacial score (nSPS) is 11.1. The van der Waals surface area contributed by atoms with E-state index < -0.39 is 28.3 Å². The second-order valence-corrected chi connectivity index (χ2v) is 8.15. The Kier molecular flexibility index (Phi) is 5.82. The summed E-state index contributed by atoms with van der Waals surface area (Å²) in [7, 11) is -3.49. The van der Waals surface area contributed by atoms with Crippen LogP contribution in [0.2, 0.25) is 0 Å². The van der Waals surface area contributed by atoms with E-state index in [0.29, 0.717) is 5.56 Å². The summed E-state index contributed by atoms with van der Waals surface area (Å²) in [5.41, 5.74) is 3.16. The Hall–Kier alpha value is -2.67. The van der Waals surface area contributed by atoms with Crippen LogP contribution in [0.15, 0.2) is 41.3 Å². The number of nitrogens with one attached hydrogen (secondary N) is 1. The average Bonchev–Trinajstić information content (AvgIpc) is 2.51. The third-order valence-corrected chi connectivity index (χ3v) is 4.93. The molecule has 0 fully saturated rings. The third kappa shape index (κ3) is 4.70. The molecule has 0 unspecified atom stereocenters. The van der Waals surface area contributed by atoms with Gasteiger partial charge in [-0.25, -0.2) is 13.2 Å². The molecule has 0 spiro atoms. The number of amides is 1. The van der Waals surface area contributed by atoms with Gasteiger partial charge >= 0.3 is 5.97 Å². The Morgan fingerprint density at radius 2 is 1.62 bits per heavy atom. The van der Waals surface area contributed by atoms with E-state index in [1.165, 1.54) is 12.1 Å². The number of hydrogen-bond acceptors (Lipinski definition) is 5. The molecule has 0 atom stereocenters. The van der Waals surface area contributed by atoms with E-state index in [-0.39, 0.29) is 10.6 Å². The van der Waals surface area contributed by atoms with Crippen molar-refractivity contribution < 1.29 is 22.7 Å². The zero-order valence-corrected chi connectivity index (χ0v) is 15.9. The maximum Gasteiger partial charge on any atom is 0.339 e. The summed E-state index contributed by atoms with van der Waals surface area (Å²) in [6.07, 6.45) is 1.06. The van der Waals surface area contributed by atoms with Crippen LogP contribution >= 0.6 is 0 Å². The minimum atomic E-state index is -3.49. The summed E-state index contributed by atoms with van der Waals surface area (Å²) in [6, 6.07) is 9.78. The first-order valence-corrected chi connectivity index (χ1v) is 9.82. The lowest BCUT2D eigenvalue weighted by atomic mass is 10.00. The summed E-state index contributed by atoms with van der Waals surface area (Å²) < 4.78 is 28.6. The molecule has 6 nitrogen and oxygen atoms in total. The molecule has 7 heteroatoms. The van der Waals surface area contributed by atoms with E-state index in [1.807, 2.05) is 19.1 Å². The van der Waals surface area contributed by atoms with Crippen molar-refractivity contribution >= 4 is 27.4 Å². The van der Waals surface area contributed by atoms with Crippen LogP contribution in [0.4, 0.5) is 5.69 Å². The maximum absolute atomic E-state index is 12.3. The minimum Gasteiger partial charge on any atom is -0.452 e. The van der Waals surface area contributed by atoms with E-state index in [4.69, 9.17) is 4.74 Å². The number of carbonyl (C=O) groups excluding carboxylic acids is 2. The fourth-order valence-corrected chi connectivity index (χ4v) is 3.63. The highest BCUT2D eigenvalue weighted by Crippen LogP contribution is 2.21. The Morgan fingerprint density at radius 3 is 2.19 bits per heavy atom. The number of ether oxygens (including phenoxy) is 1. The molecule has 0 aromatic heterocycles. The van der Waals surface area contributed by atoms with Crippen LogP contribution in [0.25, 0.3) is 0 Å². The zero-order valence-electron chi connectivity index (χ0n) is 15.1. The molecule has 1 N–H and O–H groups in total. The molecule has 0 aliphatic carbocycles. The molecule has 26 heavy (non-hydrogen) atoms. The van der Waals surface area contributed by atoms with Gasteiger partial charge in [0.05, 0.1) is 16.1 Å². The van der Waals surface area contributed by atoms with E-state index in [2.05, 4.69) is 5.32 Å². The second-order valence-electron chi connectivity index (χ2n) is 6.17. The van der Waals surface area contributed by atoms with Crippen molar-refractivity contribution in [2.24, 2.45) is 0 Å². The van der Waals surface area contributed by atoms with Gasteiger partial charge in [0.15, 0.2) is 16.4 Å². The van der Waals surface area contributed by atoms with Crippen LogP contribution in [-0.2, 0) is 19.4 Å². The molecule has 0 aliphatic heterocycles. The topological polar surface area (TPSA) is 89.5 Å². The van der Waals surface area contributed by atoms with Crippen molar-refractivity contribution in [1.29, 1.82) is 0 Å². The number of esters is 1. The lowest BCUT2D eigenvalue weighted by Gasteiger charge is -2.12. The second kappa shape index (κ2) is 7.70. The number of para-hydroxylation sites is 1. The first kappa shape index (κ1) is 19.7. The molecule has 2 aromatic rings. The van der Waals surface area contributed by atoms with Gasteiger partial charge in [-0.05, 0) is 44.0 Å². The van der Waals surface area contributed by atoms with Crippen molar-refractivity contribution in [3.63, 3.8) is 0 Å². The molecule has 138 valence electrons. The van der Waals surface area contributed by atoms with Crippen LogP contribution in [0, 0.1) is 20.8 Å². The predicted molar refractivity (Wildman–Crippen MR) is 99.1 cm³/mol. The Bertz CT molecular complexity index is 941. The molecule has 2 rings (SSSR count). The van der Waals surface area contributed by atoms with E-state index in [0.717, 1.165) is 22.9 Å². The first-order valence-electron chi connectivity index (χ1n) is 7.93. The minimum absolute atomic E-state index is 0.00454. The van der Waals surface area contributed by atoms with Crippen LogP contribution in [0.3, 0.4) is 0 Å². The summed E-state index contributed by atoms with van der Waals surface area (Å²) in [5.74, 6) is -1.21. The molecule has 0 saturated heterocycles. The lowest BCUT2D eigenvalue weighted by Crippen LogP contribution is -2.22. The van der Waals surface area contributed by atoms with Crippen molar-refractivity contribution in [2.45, 2.75) is 25.7 Å². The van der Waals surface area contributed by atoms with Gasteiger partial charge in [0.2, 0.25) is 0 Å².